The number of hydrogen-bond donors (Lipinski definition) is 1. The van der Waals surface area contributed by atoms with Gasteiger partial charge in [0.05, 0.1) is 42.7 Å². The molecule has 3 aromatic carbocycles. The number of carbonyl (C=O) groups is 2. The van der Waals surface area contributed by atoms with Crippen LogP contribution in [0, 0.1) is 5.82 Å². The average Bonchev–Trinajstić information content (AvgIpc) is 3.48. The highest BCUT2D eigenvalue weighted by molar-refractivity contribution is 7.22. The van der Waals surface area contributed by atoms with Crippen molar-refractivity contribution in [3.05, 3.63) is 83.2 Å². The molecule has 1 fully saturated rings. The fraction of sp³-hybridized carbons (Fsp3) is 0.207. The first-order valence-electron chi connectivity index (χ1n) is 12.2. The molecule has 0 bridgehead atoms. The van der Waals surface area contributed by atoms with Crippen molar-refractivity contribution in [3.8, 4) is 17.2 Å². The zero-order valence-corrected chi connectivity index (χ0v) is 22.3. The number of Topliss-reactive ketones (excluding diaryl/α,β-unsaturated/α-hetero) is 1. The highest BCUT2D eigenvalue weighted by Crippen LogP contribution is 2.46. The number of nitrogens with zero attached hydrogens (tertiary/aromatic N) is 2. The second-order valence-corrected chi connectivity index (χ2v) is 9.77. The number of aliphatic hydroxyl groups excluding tert-OH is 1. The Kier molecular flexibility index (Phi) is 7.21. The molecule has 0 saturated carbocycles. The van der Waals surface area contributed by atoms with Crippen LogP contribution in [-0.4, -0.2) is 42.6 Å². The van der Waals surface area contributed by atoms with Gasteiger partial charge in [-0.05, 0) is 66.6 Å². The maximum absolute atomic E-state index is 13.9. The van der Waals surface area contributed by atoms with Gasteiger partial charge in [0.1, 0.15) is 17.3 Å². The summed E-state index contributed by atoms with van der Waals surface area (Å²) >= 11 is 1.07. The summed E-state index contributed by atoms with van der Waals surface area (Å²) in [6.45, 7) is 2.54. The lowest BCUT2D eigenvalue weighted by molar-refractivity contribution is -0.132. The van der Waals surface area contributed by atoms with Crippen molar-refractivity contribution in [3.63, 3.8) is 0 Å². The van der Waals surface area contributed by atoms with E-state index in [-0.39, 0.29) is 16.5 Å². The predicted octanol–water partition coefficient (Wildman–Crippen LogP) is 5.87. The lowest BCUT2D eigenvalue weighted by Gasteiger charge is -2.23. The van der Waals surface area contributed by atoms with Crippen molar-refractivity contribution < 1.29 is 33.3 Å². The molecule has 1 atom stereocenters. The SMILES string of the molecule is CCCOc1ccc(C(O)=C2C(=O)C(=O)N(c3nc4ccc(F)cc4s3)C2c2ccc(OC)c(OC)c2)cc1. The van der Waals surface area contributed by atoms with Gasteiger partial charge in [0.2, 0.25) is 0 Å². The van der Waals surface area contributed by atoms with Gasteiger partial charge in [-0.3, -0.25) is 14.5 Å². The number of aromatic nitrogens is 1. The predicted molar refractivity (Wildman–Crippen MR) is 146 cm³/mol. The number of carbonyl (C=O) groups excluding carboxylic acids is 2. The van der Waals surface area contributed by atoms with E-state index < -0.39 is 23.5 Å². The van der Waals surface area contributed by atoms with E-state index in [1.54, 1.807) is 42.5 Å². The summed E-state index contributed by atoms with van der Waals surface area (Å²) in [6.07, 6.45) is 0.842. The van der Waals surface area contributed by atoms with Gasteiger partial charge in [-0.25, -0.2) is 9.37 Å². The molecular formula is C29H25FN2O6S. The van der Waals surface area contributed by atoms with E-state index in [4.69, 9.17) is 14.2 Å². The first-order valence-corrected chi connectivity index (χ1v) is 13.0. The lowest BCUT2D eigenvalue weighted by atomic mass is 9.95. The molecule has 1 aliphatic heterocycles. The van der Waals surface area contributed by atoms with Crippen molar-refractivity contribution in [1.29, 1.82) is 0 Å². The summed E-state index contributed by atoms with van der Waals surface area (Å²) in [6, 6.07) is 14.7. The minimum atomic E-state index is -1.04. The number of ether oxygens (including phenoxy) is 3. The molecule has 8 nitrogen and oxygen atoms in total. The number of benzene rings is 3. The molecular weight excluding hydrogens is 523 g/mol. The highest BCUT2D eigenvalue weighted by Gasteiger charge is 2.48. The smallest absolute Gasteiger partial charge is 0.301 e. The first-order chi connectivity index (χ1) is 18.9. The maximum Gasteiger partial charge on any atom is 0.301 e. The molecule has 0 radical (unpaired) electrons. The van der Waals surface area contributed by atoms with Crippen molar-refractivity contribution >= 4 is 44.1 Å². The summed E-state index contributed by atoms with van der Waals surface area (Å²) in [5, 5.41) is 11.6. The molecule has 1 amide bonds. The first kappa shape index (κ1) is 26.2. The van der Waals surface area contributed by atoms with Crippen LogP contribution in [0.15, 0.2) is 66.2 Å². The summed E-state index contributed by atoms with van der Waals surface area (Å²) in [5.74, 6) is -1.07. The van der Waals surface area contributed by atoms with Crippen LogP contribution < -0.4 is 19.1 Å². The van der Waals surface area contributed by atoms with Crippen molar-refractivity contribution in [2.24, 2.45) is 0 Å². The van der Waals surface area contributed by atoms with Gasteiger partial charge in [-0.1, -0.05) is 24.3 Å². The topological polar surface area (TPSA) is 98.2 Å². The number of halogens is 1. The second kappa shape index (κ2) is 10.7. The number of rotatable bonds is 8. The van der Waals surface area contributed by atoms with E-state index in [9.17, 15) is 19.1 Å². The Morgan fingerprint density at radius 1 is 1.03 bits per heavy atom. The Morgan fingerprint density at radius 3 is 2.46 bits per heavy atom. The standard InChI is InChI=1S/C29H25FN2O6S/c1-4-13-38-19-9-5-16(6-10-19)26(33)24-25(17-7-12-21(36-2)22(14-17)37-3)32(28(35)27(24)34)29-31-20-11-8-18(30)15-23(20)39-29/h5-12,14-15,25,33H,4,13H2,1-3H3. The number of methoxy groups -OCH3 is 2. The van der Waals surface area contributed by atoms with Gasteiger partial charge in [0.15, 0.2) is 16.6 Å². The van der Waals surface area contributed by atoms with Crippen LogP contribution in [0.4, 0.5) is 9.52 Å². The molecule has 1 aliphatic rings. The zero-order valence-electron chi connectivity index (χ0n) is 21.4. The zero-order chi connectivity index (χ0) is 27.7. The number of fused-ring (bicyclic) bond motifs is 1. The number of ketones is 1. The molecule has 39 heavy (non-hydrogen) atoms. The Balaban J connectivity index is 1.68. The Labute approximate surface area is 227 Å². The van der Waals surface area contributed by atoms with Gasteiger partial charge in [0.25, 0.3) is 5.78 Å². The van der Waals surface area contributed by atoms with Crippen LogP contribution >= 0.6 is 11.3 Å². The van der Waals surface area contributed by atoms with Crippen LogP contribution in [-0.2, 0) is 9.59 Å². The molecule has 1 N–H and O–H groups in total. The summed E-state index contributed by atoms with van der Waals surface area (Å²) in [4.78, 5) is 32.7. The molecule has 1 saturated heterocycles. The van der Waals surface area contributed by atoms with Crippen LogP contribution in [0.3, 0.4) is 0 Å². The number of anilines is 1. The normalized spacial score (nSPS) is 16.6. The van der Waals surface area contributed by atoms with Gasteiger partial charge in [0, 0.05) is 5.56 Å². The van der Waals surface area contributed by atoms with E-state index >= 15 is 0 Å². The maximum atomic E-state index is 13.9. The highest BCUT2D eigenvalue weighted by atomic mass is 32.1. The summed E-state index contributed by atoms with van der Waals surface area (Å²) < 4.78 is 30.8. The van der Waals surface area contributed by atoms with Crippen LogP contribution in [0.25, 0.3) is 16.0 Å². The molecule has 1 unspecified atom stereocenters. The second-order valence-electron chi connectivity index (χ2n) is 8.76. The van der Waals surface area contributed by atoms with Gasteiger partial charge in [-0.15, -0.1) is 0 Å². The Morgan fingerprint density at radius 2 is 1.77 bits per heavy atom. The molecule has 4 aromatic rings. The largest absolute Gasteiger partial charge is 0.507 e. The third-order valence-corrected chi connectivity index (χ3v) is 7.33. The lowest BCUT2D eigenvalue weighted by Crippen LogP contribution is -2.29. The minimum Gasteiger partial charge on any atom is -0.507 e. The van der Waals surface area contributed by atoms with E-state index in [1.165, 1.54) is 37.3 Å². The van der Waals surface area contributed by atoms with Crippen molar-refractivity contribution in [1.82, 2.24) is 4.98 Å². The van der Waals surface area contributed by atoms with E-state index in [2.05, 4.69) is 4.98 Å². The fourth-order valence-electron chi connectivity index (χ4n) is 4.44. The molecule has 200 valence electrons. The molecule has 0 aliphatic carbocycles. The summed E-state index contributed by atoms with van der Waals surface area (Å²) in [7, 11) is 2.97. The number of hydrogen-bond acceptors (Lipinski definition) is 8. The van der Waals surface area contributed by atoms with Gasteiger partial charge < -0.3 is 19.3 Å². The molecule has 10 heteroatoms. The number of amides is 1. The molecule has 1 aromatic heterocycles. The van der Waals surface area contributed by atoms with Crippen molar-refractivity contribution in [2.45, 2.75) is 19.4 Å². The summed E-state index contributed by atoms with van der Waals surface area (Å²) in [5.41, 5.74) is 1.20. The molecule has 2 heterocycles. The molecule has 0 spiro atoms. The van der Waals surface area contributed by atoms with E-state index in [0.29, 0.717) is 45.2 Å². The minimum absolute atomic E-state index is 0.111. The Bertz CT molecular complexity index is 1600. The quantitative estimate of drug-likeness (QED) is 0.167. The van der Waals surface area contributed by atoms with Crippen molar-refractivity contribution in [2.75, 3.05) is 25.7 Å². The van der Waals surface area contributed by atoms with Crippen LogP contribution in [0.5, 0.6) is 17.2 Å². The van der Waals surface area contributed by atoms with E-state index in [1.807, 2.05) is 6.92 Å². The monoisotopic (exact) mass is 548 g/mol. The van der Waals surface area contributed by atoms with Crippen LogP contribution in [0.2, 0.25) is 0 Å². The molecule has 5 rings (SSSR count). The third kappa shape index (κ3) is 4.79. The Hall–Kier alpha value is -4.44. The van der Waals surface area contributed by atoms with Crippen LogP contribution in [0.1, 0.15) is 30.5 Å². The average molecular weight is 549 g/mol. The van der Waals surface area contributed by atoms with Gasteiger partial charge >= 0.3 is 5.91 Å². The fourth-order valence-corrected chi connectivity index (χ4v) is 5.46. The van der Waals surface area contributed by atoms with E-state index in [0.717, 1.165) is 17.8 Å². The number of thiazole rings is 1. The number of aliphatic hydroxyl groups is 1. The third-order valence-electron chi connectivity index (χ3n) is 6.31. The van der Waals surface area contributed by atoms with Gasteiger partial charge in [-0.2, -0.15) is 0 Å².